The number of likely N-dealkylation sites (N-methyl/N-ethyl adjacent to an activating group) is 1. The van der Waals surface area contributed by atoms with Crippen molar-refractivity contribution in [3.63, 3.8) is 0 Å². The molecule has 0 spiro atoms. The van der Waals surface area contributed by atoms with E-state index < -0.39 is 26.0 Å². The molecule has 1 heterocycles. The Labute approximate surface area is 357 Å². The summed E-state index contributed by atoms with van der Waals surface area (Å²) < 4.78 is 56.6. The van der Waals surface area contributed by atoms with Gasteiger partial charge in [-0.25, -0.2) is 36.6 Å². The second-order valence-corrected chi connectivity index (χ2v) is 16.7. The molecular weight excluding hydrogens is 829 g/mol. The minimum absolute atomic E-state index is 0. The Balaban J connectivity index is 0.000000561. The number of sulfonamides is 1. The molecule has 0 aromatic heterocycles. The molecule has 0 bridgehead atoms. The fourth-order valence-corrected chi connectivity index (χ4v) is 7.03. The number of amidine groups is 1. The van der Waals surface area contributed by atoms with Gasteiger partial charge in [-0.3, -0.25) is 10.2 Å². The molecule has 0 radical (unpaired) electrons. The molecule has 282 valence electrons. The van der Waals surface area contributed by atoms with E-state index in [1.165, 1.54) is 29.3 Å². The van der Waals surface area contributed by atoms with Gasteiger partial charge in [-0.05, 0) is 93.4 Å². The standard InChI is InChI=1S/C28H28Cl4N6O3S.C7H8O3S.Na/c1-5-37(11-10-33-42(4,40)41)19-7-9-23(17(3)13-19)34-25-27(35-24-12-16(2)6-8-20(24)30)36-38(28(25)39)26-21(31)14-18(29)15-22(26)32;1-6-2-4-7(5-3-6)11(8,9)10;/h6-9,12-15,33H,5,10-11H2,1-4H3,(H,35,36);2-5H,1H3,(H,8,9,10);/q;;+1/p-1. The molecule has 19 heteroatoms. The van der Waals surface area contributed by atoms with Crippen LogP contribution in [0.2, 0.25) is 20.1 Å². The molecule has 2 N–H and O–H groups in total. The number of aliphatic imine (C=N–C) groups is 2. The van der Waals surface area contributed by atoms with Crippen LogP contribution in [-0.2, 0) is 24.9 Å². The van der Waals surface area contributed by atoms with E-state index in [1.54, 1.807) is 30.3 Å². The van der Waals surface area contributed by atoms with E-state index in [2.05, 4.69) is 15.1 Å². The van der Waals surface area contributed by atoms with E-state index in [0.717, 1.165) is 28.6 Å². The van der Waals surface area contributed by atoms with Gasteiger partial charge >= 0.3 is 29.6 Å². The summed E-state index contributed by atoms with van der Waals surface area (Å²) in [5, 5.41) is 2.22. The predicted molar refractivity (Wildman–Crippen MR) is 214 cm³/mol. The zero-order chi connectivity index (χ0) is 39.2. The number of anilines is 2. The van der Waals surface area contributed by atoms with Gasteiger partial charge in [0.15, 0.2) is 11.5 Å². The average molecular weight is 865 g/mol. The molecule has 5 rings (SSSR count). The van der Waals surface area contributed by atoms with E-state index in [9.17, 15) is 26.2 Å². The van der Waals surface area contributed by atoms with E-state index in [-0.39, 0.29) is 68.3 Å². The molecule has 0 aliphatic carbocycles. The van der Waals surface area contributed by atoms with Crippen LogP contribution < -0.4 is 49.6 Å². The number of carbonyl (C=O) groups is 1. The molecule has 54 heavy (non-hydrogen) atoms. The molecule has 0 atom stereocenters. The minimum atomic E-state index is -4.27. The molecule has 1 amide bonds. The zero-order valence-electron chi connectivity index (χ0n) is 30.1. The van der Waals surface area contributed by atoms with E-state index in [4.69, 9.17) is 51.4 Å². The number of nitrogens with one attached hydrogen (secondary N) is 2. The number of hydrazine groups is 1. The van der Waals surface area contributed by atoms with Gasteiger partial charge in [-0.15, -0.1) is 0 Å². The summed E-state index contributed by atoms with van der Waals surface area (Å²) in [6, 6.07) is 19.7. The van der Waals surface area contributed by atoms with Gasteiger partial charge in [0.1, 0.15) is 15.8 Å². The fraction of sp³-hybridized carbons (Fsp3) is 0.229. The average Bonchev–Trinajstić information content (AvgIpc) is 3.34. The molecule has 1 aliphatic rings. The van der Waals surface area contributed by atoms with Crippen LogP contribution in [0.4, 0.5) is 22.7 Å². The Morgan fingerprint density at radius 3 is 1.98 bits per heavy atom. The first-order chi connectivity index (χ1) is 24.8. The Morgan fingerprint density at radius 1 is 0.815 bits per heavy atom. The maximum atomic E-state index is 13.8. The van der Waals surface area contributed by atoms with Crippen LogP contribution in [-0.4, -0.2) is 64.7 Å². The van der Waals surface area contributed by atoms with Crippen LogP contribution in [0.1, 0.15) is 23.6 Å². The van der Waals surface area contributed by atoms with Gasteiger partial charge in [-0.2, -0.15) is 0 Å². The molecule has 0 saturated carbocycles. The Morgan fingerprint density at radius 2 is 1.43 bits per heavy atom. The number of benzene rings is 4. The first-order valence-electron chi connectivity index (χ1n) is 15.8. The number of aryl methyl sites for hydroxylation is 3. The summed E-state index contributed by atoms with van der Waals surface area (Å²) in [5.41, 5.74) is 7.72. The maximum Gasteiger partial charge on any atom is 1.00 e. The first-order valence-corrected chi connectivity index (χ1v) is 20.6. The second-order valence-electron chi connectivity index (χ2n) is 11.8. The summed E-state index contributed by atoms with van der Waals surface area (Å²) in [7, 11) is -7.56. The third-order valence-corrected chi connectivity index (χ3v) is 10.3. The third-order valence-electron chi connectivity index (χ3n) is 7.60. The Bertz CT molecular complexity index is 2290. The van der Waals surface area contributed by atoms with Crippen LogP contribution in [0.3, 0.4) is 0 Å². The zero-order valence-corrected chi connectivity index (χ0v) is 36.8. The van der Waals surface area contributed by atoms with Gasteiger partial charge < -0.3 is 9.45 Å². The van der Waals surface area contributed by atoms with Crippen LogP contribution in [0.5, 0.6) is 0 Å². The number of carbonyl (C=O) groups excluding carboxylic acids is 1. The first kappa shape index (κ1) is 45.7. The Kier molecular flexibility index (Phi) is 16.4. The predicted octanol–water partition coefficient (Wildman–Crippen LogP) is 4.55. The van der Waals surface area contributed by atoms with Crippen molar-refractivity contribution in [1.29, 1.82) is 0 Å². The van der Waals surface area contributed by atoms with Gasteiger partial charge in [0.05, 0.1) is 37.6 Å². The molecular formula is C35H35Cl4N6NaO6S2. The van der Waals surface area contributed by atoms with Crippen molar-refractivity contribution >= 4 is 107 Å². The van der Waals surface area contributed by atoms with Crippen molar-refractivity contribution in [3.05, 3.63) is 110 Å². The molecule has 4 aromatic rings. The summed E-state index contributed by atoms with van der Waals surface area (Å²) >= 11 is 25.4. The molecule has 1 aliphatic heterocycles. The quantitative estimate of drug-likeness (QED) is 0.173. The monoisotopic (exact) mass is 862 g/mol. The topological polar surface area (TPSA) is 164 Å². The molecule has 4 aromatic carbocycles. The van der Waals surface area contributed by atoms with Gasteiger partial charge in [0, 0.05) is 30.3 Å². The van der Waals surface area contributed by atoms with E-state index >= 15 is 0 Å². The van der Waals surface area contributed by atoms with E-state index in [0.29, 0.717) is 34.5 Å². The van der Waals surface area contributed by atoms with Crippen LogP contribution in [0.15, 0.2) is 87.7 Å². The van der Waals surface area contributed by atoms with Crippen molar-refractivity contribution in [3.8, 4) is 0 Å². The second kappa shape index (κ2) is 19.4. The molecule has 0 unspecified atom stereocenters. The van der Waals surface area contributed by atoms with Crippen molar-refractivity contribution < 1.29 is 55.7 Å². The summed E-state index contributed by atoms with van der Waals surface area (Å²) in [4.78, 5) is 25.0. The molecule has 1 fully saturated rings. The summed E-state index contributed by atoms with van der Waals surface area (Å²) in [6.07, 6.45) is 1.13. The number of halogens is 4. The number of hydrogen-bond donors (Lipinski definition) is 2. The van der Waals surface area contributed by atoms with Crippen LogP contribution in [0.25, 0.3) is 0 Å². The van der Waals surface area contributed by atoms with Crippen molar-refractivity contribution in [1.82, 2.24) is 10.1 Å². The summed E-state index contributed by atoms with van der Waals surface area (Å²) in [6.45, 7) is 8.98. The summed E-state index contributed by atoms with van der Waals surface area (Å²) in [5.74, 6) is -0.380. The van der Waals surface area contributed by atoms with Crippen LogP contribution in [0, 0.1) is 20.8 Å². The van der Waals surface area contributed by atoms with Gasteiger partial charge in [0.25, 0.3) is 5.91 Å². The number of nitrogens with zero attached hydrogens (tertiary/aromatic N) is 4. The number of hydrogen-bond acceptors (Lipinski definition) is 9. The largest absolute Gasteiger partial charge is 1.00 e. The molecule has 1 saturated heterocycles. The van der Waals surface area contributed by atoms with Crippen molar-refractivity contribution in [2.24, 2.45) is 9.98 Å². The number of amides is 1. The SMILES string of the molecule is CCN(CCNS(C)(=O)=O)c1ccc(N=C2C(=O)N(c3c(Cl)cc(Cl)cc3Cl)NC2=Nc2cc(C)ccc2Cl)c(C)c1.Cc1ccc(S(=O)(=O)[O-])cc1.[Na+]. The third kappa shape index (κ3) is 12.4. The maximum absolute atomic E-state index is 13.8. The Hall–Kier alpha value is -2.73. The van der Waals surface area contributed by atoms with Gasteiger partial charge in [-0.1, -0.05) is 70.2 Å². The van der Waals surface area contributed by atoms with E-state index in [1.807, 2.05) is 50.8 Å². The number of rotatable bonds is 10. The minimum Gasteiger partial charge on any atom is -0.744 e. The smallest absolute Gasteiger partial charge is 0.744 e. The van der Waals surface area contributed by atoms with Crippen molar-refractivity contribution in [2.75, 3.05) is 35.8 Å². The fourth-order valence-electron chi connectivity index (χ4n) is 4.95. The normalized spacial score (nSPS) is 14.4. The molecule has 12 nitrogen and oxygen atoms in total. The van der Waals surface area contributed by atoms with Crippen molar-refractivity contribution in [2.45, 2.75) is 32.6 Å². The van der Waals surface area contributed by atoms with Crippen LogP contribution >= 0.6 is 46.4 Å². The van der Waals surface area contributed by atoms with Gasteiger partial charge in [0.2, 0.25) is 10.0 Å².